The highest BCUT2D eigenvalue weighted by Gasteiger charge is 2.44. The average Bonchev–Trinajstić information content (AvgIpc) is 3.29. The van der Waals surface area contributed by atoms with Gasteiger partial charge in [-0.1, -0.05) is 13.8 Å². The van der Waals surface area contributed by atoms with E-state index in [1.54, 1.807) is 49.7 Å². The van der Waals surface area contributed by atoms with Crippen molar-refractivity contribution in [2.24, 2.45) is 0 Å². The van der Waals surface area contributed by atoms with Crippen LogP contribution in [0.3, 0.4) is 0 Å². The second kappa shape index (κ2) is 7.91. The minimum absolute atomic E-state index is 0.0963. The van der Waals surface area contributed by atoms with Gasteiger partial charge in [0.05, 0.1) is 29.4 Å². The molecule has 0 aliphatic heterocycles. The Hall–Kier alpha value is -3.33. The van der Waals surface area contributed by atoms with Crippen molar-refractivity contribution in [1.82, 2.24) is 14.8 Å². The van der Waals surface area contributed by atoms with Crippen molar-refractivity contribution in [2.45, 2.75) is 38.5 Å². The van der Waals surface area contributed by atoms with Gasteiger partial charge in [0, 0.05) is 34.7 Å². The lowest BCUT2D eigenvalue weighted by Gasteiger charge is -2.30. The molecule has 0 radical (unpaired) electrons. The van der Waals surface area contributed by atoms with Crippen LogP contribution in [-0.4, -0.2) is 39.6 Å². The van der Waals surface area contributed by atoms with E-state index in [0.29, 0.717) is 27.7 Å². The summed E-state index contributed by atoms with van der Waals surface area (Å²) in [6.45, 7) is 5.20. The van der Waals surface area contributed by atoms with Crippen LogP contribution in [0.2, 0.25) is 0 Å². The van der Waals surface area contributed by atoms with Gasteiger partial charge in [-0.05, 0) is 42.8 Å². The minimum atomic E-state index is -3.68. The third-order valence-electron chi connectivity index (χ3n) is 5.81. The molecule has 0 unspecified atom stereocenters. The number of rotatable bonds is 7. The molecule has 4 rings (SSSR count). The molecular formula is C24H24F3N3O3. The van der Waals surface area contributed by atoms with Crippen LogP contribution in [0.5, 0.6) is 0 Å². The number of methoxy groups -OCH3 is 1. The largest absolute Gasteiger partial charge is 0.481 e. The normalized spacial score (nSPS) is 12.7. The van der Waals surface area contributed by atoms with E-state index >= 15 is 8.78 Å². The summed E-state index contributed by atoms with van der Waals surface area (Å²) >= 11 is 0. The predicted octanol–water partition coefficient (Wildman–Crippen LogP) is 5.44. The number of hydrogen-bond donors (Lipinski definition) is 2. The number of aromatic amines is 1. The van der Waals surface area contributed by atoms with E-state index in [1.807, 2.05) is 0 Å². The van der Waals surface area contributed by atoms with Crippen LogP contribution in [-0.2, 0) is 20.9 Å². The molecule has 33 heavy (non-hydrogen) atoms. The Morgan fingerprint density at radius 3 is 2.61 bits per heavy atom. The van der Waals surface area contributed by atoms with E-state index in [-0.39, 0.29) is 23.3 Å². The molecule has 6 nitrogen and oxygen atoms in total. The summed E-state index contributed by atoms with van der Waals surface area (Å²) in [5.74, 6) is -5.71. The van der Waals surface area contributed by atoms with Gasteiger partial charge in [-0.3, -0.25) is 9.89 Å². The molecule has 0 saturated heterocycles. The molecule has 0 aliphatic carbocycles. The summed E-state index contributed by atoms with van der Waals surface area (Å²) in [5, 5.41) is 16.9. The molecule has 2 heterocycles. The Kier molecular flexibility index (Phi) is 5.48. The third-order valence-corrected chi connectivity index (χ3v) is 5.81. The molecular weight excluding hydrogens is 435 g/mol. The molecule has 174 valence electrons. The average molecular weight is 459 g/mol. The lowest BCUT2D eigenvalue weighted by Crippen LogP contribution is -2.31. The van der Waals surface area contributed by atoms with Gasteiger partial charge in [-0.2, -0.15) is 5.10 Å². The molecule has 0 atom stereocenters. The SMILES string of the molecule is COCC(C)(C)c1c(C(F)(F)CC(=O)O)c2cc3[nH]ncc3cc2n1-c1ccc(F)c(C)c1. The van der Waals surface area contributed by atoms with E-state index in [0.717, 1.165) is 0 Å². The van der Waals surface area contributed by atoms with Crippen LogP contribution < -0.4 is 0 Å². The van der Waals surface area contributed by atoms with Crippen molar-refractivity contribution in [2.75, 3.05) is 13.7 Å². The quantitative estimate of drug-likeness (QED) is 0.385. The number of carbonyl (C=O) groups is 1. The molecule has 0 aliphatic rings. The van der Waals surface area contributed by atoms with Crippen molar-refractivity contribution < 1.29 is 27.8 Å². The molecule has 2 N–H and O–H groups in total. The lowest BCUT2D eigenvalue weighted by molar-refractivity contribution is -0.145. The van der Waals surface area contributed by atoms with E-state index in [2.05, 4.69) is 10.2 Å². The zero-order valence-corrected chi connectivity index (χ0v) is 18.7. The van der Waals surface area contributed by atoms with Gasteiger partial charge < -0.3 is 14.4 Å². The minimum Gasteiger partial charge on any atom is -0.481 e. The Bertz CT molecular complexity index is 1370. The molecule has 0 bridgehead atoms. The van der Waals surface area contributed by atoms with Crippen molar-refractivity contribution in [1.29, 1.82) is 0 Å². The highest BCUT2D eigenvalue weighted by molar-refractivity contribution is 5.99. The van der Waals surface area contributed by atoms with Gasteiger partial charge in [0.15, 0.2) is 0 Å². The molecule has 0 fully saturated rings. The zero-order valence-electron chi connectivity index (χ0n) is 18.7. The third kappa shape index (κ3) is 3.86. The van der Waals surface area contributed by atoms with Crippen molar-refractivity contribution in [3.8, 4) is 5.69 Å². The second-order valence-electron chi connectivity index (χ2n) is 8.91. The van der Waals surface area contributed by atoms with Crippen LogP contribution in [0.25, 0.3) is 27.5 Å². The fourth-order valence-corrected chi connectivity index (χ4v) is 4.48. The Balaban J connectivity index is 2.22. The summed E-state index contributed by atoms with van der Waals surface area (Å²) in [6.07, 6.45) is 0.211. The topological polar surface area (TPSA) is 80.1 Å². The Morgan fingerprint density at radius 2 is 1.97 bits per heavy atom. The van der Waals surface area contributed by atoms with E-state index in [9.17, 15) is 14.3 Å². The number of nitrogens with one attached hydrogen (secondary N) is 1. The van der Waals surface area contributed by atoms with Crippen LogP contribution >= 0.6 is 0 Å². The Labute approximate surface area is 188 Å². The van der Waals surface area contributed by atoms with Crippen molar-refractivity contribution in [3.05, 3.63) is 59.2 Å². The monoisotopic (exact) mass is 459 g/mol. The van der Waals surface area contributed by atoms with Crippen molar-refractivity contribution >= 4 is 27.8 Å². The van der Waals surface area contributed by atoms with Crippen LogP contribution in [0.15, 0.2) is 36.5 Å². The standard InChI is InChI=1S/C24H24F3N3O3/c1-13-7-15(5-6-17(13)25)30-19-8-14-11-28-29-18(14)9-16(19)21(24(26,27)10-20(31)32)22(30)23(2,3)12-33-4/h5-9,11H,10,12H2,1-4H3,(H,28,29)(H,31,32). The molecule has 4 aromatic rings. The number of H-pyrrole nitrogens is 1. The molecule has 2 aromatic carbocycles. The maximum Gasteiger partial charge on any atom is 0.309 e. The number of aromatic nitrogens is 3. The summed E-state index contributed by atoms with van der Waals surface area (Å²) in [4.78, 5) is 11.4. The number of hydrogen-bond acceptors (Lipinski definition) is 3. The number of benzene rings is 2. The highest BCUT2D eigenvalue weighted by Crippen LogP contribution is 2.47. The fraction of sp³-hybridized carbons (Fsp3) is 0.333. The highest BCUT2D eigenvalue weighted by atomic mass is 19.3. The first-order chi connectivity index (χ1) is 15.5. The smallest absolute Gasteiger partial charge is 0.309 e. The lowest BCUT2D eigenvalue weighted by atomic mass is 9.84. The zero-order chi connectivity index (χ0) is 24.1. The Morgan fingerprint density at radius 1 is 1.24 bits per heavy atom. The summed E-state index contributed by atoms with van der Waals surface area (Å²) in [7, 11) is 1.47. The van der Waals surface area contributed by atoms with E-state index in [4.69, 9.17) is 4.74 Å². The fourth-order valence-electron chi connectivity index (χ4n) is 4.48. The number of alkyl halides is 2. The number of aliphatic carboxylic acids is 1. The number of carboxylic acids is 1. The summed E-state index contributed by atoms with van der Waals surface area (Å²) < 4.78 is 52.4. The summed E-state index contributed by atoms with van der Waals surface area (Å²) in [5.41, 5.74) is 0.691. The van der Waals surface area contributed by atoms with Gasteiger partial charge in [0.1, 0.15) is 12.2 Å². The van der Waals surface area contributed by atoms with E-state index in [1.165, 1.54) is 19.2 Å². The van der Waals surface area contributed by atoms with Crippen LogP contribution in [0.1, 0.15) is 37.1 Å². The molecule has 2 aromatic heterocycles. The first-order valence-corrected chi connectivity index (χ1v) is 10.3. The maximum atomic E-state index is 15.6. The van der Waals surface area contributed by atoms with Crippen molar-refractivity contribution in [3.63, 3.8) is 0 Å². The summed E-state index contributed by atoms with van der Waals surface area (Å²) in [6, 6.07) is 7.67. The van der Waals surface area contributed by atoms with Gasteiger partial charge in [0.2, 0.25) is 0 Å². The van der Waals surface area contributed by atoms with Crippen LogP contribution in [0.4, 0.5) is 13.2 Å². The first-order valence-electron chi connectivity index (χ1n) is 10.3. The number of fused-ring (bicyclic) bond motifs is 2. The van der Waals surface area contributed by atoms with Gasteiger partial charge in [-0.15, -0.1) is 0 Å². The first kappa shape index (κ1) is 22.8. The van der Waals surface area contributed by atoms with Gasteiger partial charge in [0.25, 0.3) is 5.92 Å². The number of ether oxygens (including phenoxy) is 1. The maximum absolute atomic E-state index is 15.6. The number of carboxylic acid groups (broad SMARTS) is 1. The van der Waals surface area contributed by atoms with Gasteiger partial charge in [-0.25, -0.2) is 13.2 Å². The number of halogens is 3. The van der Waals surface area contributed by atoms with Crippen LogP contribution in [0, 0.1) is 12.7 Å². The number of nitrogens with zero attached hydrogens (tertiary/aromatic N) is 2. The molecule has 0 spiro atoms. The molecule has 9 heteroatoms. The molecule has 0 amide bonds. The van der Waals surface area contributed by atoms with E-state index < -0.39 is 29.5 Å². The molecule has 0 saturated carbocycles. The predicted molar refractivity (Wildman–Crippen MR) is 119 cm³/mol. The second-order valence-corrected chi connectivity index (χ2v) is 8.91. The van der Waals surface area contributed by atoms with Gasteiger partial charge >= 0.3 is 5.97 Å². The number of aryl methyl sites for hydroxylation is 1.